The number of aryl methyl sites for hydroxylation is 1. The van der Waals surface area contributed by atoms with E-state index in [1.807, 2.05) is 4.90 Å². The molecule has 7 heteroatoms. The molecule has 1 aromatic heterocycles. The van der Waals surface area contributed by atoms with Crippen LogP contribution in [0.2, 0.25) is 0 Å². The summed E-state index contributed by atoms with van der Waals surface area (Å²) in [6.07, 6.45) is 7.64. The number of likely N-dealkylation sites (tertiary alicyclic amines) is 1. The van der Waals surface area contributed by atoms with Crippen molar-refractivity contribution in [1.29, 1.82) is 0 Å². The largest absolute Gasteiger partial charge is 0.376 e. The Balaban J connectivity index is 1.31. The number of carbonyl (C=O) groups excluding carboxylic acids is 1. The van der Waals surface area contributed by atoms with Gasteiger partial charge in [-0.15, -0.1) is 0 Å². The standard InChI is InChI=1S/C23H33N5O2/c1-19-5-2-3-6-21(19)14-26-10-8-20(9-11-26)13-27(15-22-7-4-12-30-22)23(29)16-28-18-24-17-25-28/h2-3,5-6,17-18,20,22H,4,7-16H2,1H3/t22-/m1/s1. The summed E-state index contributed by atoms with van der Waals surface area (Å²) in [7, 11) is 0. The molecule has 2 fully saturated rings. The summed E-state index contributed by atoms with van der Waals surface area (Å²) in [5, 5.41) is 4.09. The highest BCUT2D eigenvalue weighted by atomic mass is 16.5. The van der Waals surface area contributed by atoms with Crippen molar-refractivity contribution in [2.75, 3.05) is 32.8 Å². The van der Waals surface area contributed by atoms with Crippen molar-refractivity contribution in [3.63, 3.8) is 0 Å². The number of hydrogen-bond acceptors (Lipinski definition) is 5. The van der Waals surface area contributed by atoms with Crippen LogP contribution in [0.4, 0.5) is 0 Å². The van der Waals surface area contributed by atoms with Gasteiger partial charge in [0.2, 0.25) is 5.91 Å². The van der Waals surface area contributed by atoms with Crippen molar-refractivity contribution >= 4 is 5.91 Å². The van der Waals surface area contributed by atoms with Gasteiger partial charge in [-0.1, -0.05) is 24.3 Å². The number of nitrogens with zero attached hydrogens (tertiary/aromatic N) is 5. The van der Waals surface area contributed by atoms with Crippen LogP contribution in [-0.2, 0) is 22.6 Å². The highest BCUT2D eigenvalue weighted by molar-refractivity contribution is 5.75. The van der Waals surface area contributed by atoms with Crippen molar-refractivity contribution in [2.45, 2.75) is 51.8 Å². The molecule has 0 aliphatic carbocycles. The van der Waals surface area contributed by atoms with Crippen LogP contribution in [0.3, 0.4) is 0 Å². The molecule has 162 valence electrons. The van der Waals surface area contributed by atoms with E-state index in [1.165, 1.54) is 17.5 Å². The van der Waals surface area contributed by atoms with E-state index in [-0.39, 0.29) is 18.6 Å². The molecule has 0 bridgehead atoms. The predicted octanol–water partition coefficient (Wildman–Crippen LogP) is 2.51. The van der Waals surface area contributed by atoms with Gasteiger partial charge in [-0.05, 0) is 62.7 Å². The first-order chi connectivity index (χ1) is 14.7. The number of rotatable bonds is 8. The molecule has 0 N–H and O–H groups in total. The fourth-order valence-electron chi connectivity index (χ4n) is 4.53. The second kappa shape index (κ2) is 10.2. The molecule has 1 amide bonds. The molecule has 0 unspecified atom stereocenters. The SMILES string of the molecule is Cc1ccccc1CN1CCC(CN(C[C@H]2CCCO2)C(=O)Cn2cncn2)CC1. The van der Waals surface area contributed by atoms with Gasteiger partial charge in [0.05, 0.1) is 6.10 Å². The van der Waals surface area contributed by atoms with Crippen molar-refractivity contribution < 1.29 is 9.53 Å². The monoisotopic (exact) mass is 411 g/mol. The third kappa shape index (κ3) is 5.67. The van der Waals surface area contributed by atoms with E-state index < -0.39 is 0 Å². The second-order valence-corrected chi connectivity index (χ2v) is 8.67. The molecule has 1 atom stereocenters. The summed E-state index contributed by atoms with van der Waals surface area (Å²) in [5.74, 6) is 0.651. The third-order valence-electron chi connectivity index (χ3n) is 6.41. The Bertz CT molecular complexity index is 796. The first kappa shape index (κ1) is 21.0. The Kier molecular flexibility index (Phi) is 7.12. The highest BCUT2D eigenvalue weighted by Gasteiger charge is 2.27. The Morgan fingerprint density at radius 3 is 2.73 bits per heavy atom. The van der Waals surface area contributed by atoms with E-state index >= 15 is 0 Å². The Morgan fingerprint density at radius 1 is 1.20 bits per heavy atom. The number of aromatic nitrogens is 3. The Hall–Kier alpha value is -2.25. The first-order valence-electron chi connectivity index (χ1n) is 11.2. The van der Waals surface area contributed by atoms with Crippen LogP contribution in [0.5, 0.6) is 0 Å². The molecule has 1 aromatic carbocycles. The minimum Gasteiger partial charge on any atom is -0.376 e. The van der Waals surface area contributed by atoms with Gasteiger partial charge in [0, 0.05) is 26.2 Å². The van der Waals surface area contributed by atoms with Crippen molar-refractivity contribution in [2.24, 2.45) is 5.92 Å². The zero-order valence-corrected chi connectivity index (χ0v) is 17.9. The molecule has 0 spiro atoms. The number of amides is 1. The molecule has 0 saturated carbocycles. The van der Waals surface area contributed by atoms with E-state index in [1.54, 1.807) is 11.0 Å². The van der Waals surface area contributed by atoms with Gasteiger partial charge < -0.3 is 9.64 Å². The minimum absolute atomic E-state index is 0.110. The predicted molar refractivity (Wildman–Crippen MR) is 115 cm³/mol. The number of benzene rings is 1. The van der Waals surface area contributed by atoms with E-state index in [0.717, 1.165) is 58.5 Å². The summed E-state index contributed by atoms with van der Waals surface area (Å²) in [4.78, 5) is 21.5. The van der Waals surface area contributed by atoms with Gasteiger partial charge in [0.15, 0.2) is 0 Å². The molecular weight excluding hydrogens is 378 g/mol. The van der Waals surface area contributed by atoms with Crippen LogP contribution in [0.1, 0.15) is 36.8 Å². The fraction of sp³-hybridized carbons (Fsp3) is 0.609. The lowest BCUT2D eigenvalue weighted by Gasteiger charge is -2.35. The average molecular weight is 412 g/mol. The Morgan fingerprint density at radius 2 is 2.03 bits per heavy atom. The molecule has 30 heavy (non-hydrogen) atoms. The van der Waals surface area contributed by atoms with Crippen LogP contribution in [-0.4, -0.2) is 69.4 Å². The van der Waals surface area contributed by atoms with Crippen molar-refractivity contribution in [1.82, 2.24) is 24.6 Å². The van der Waals surface area contributed by atoms with Gasteiger partial charge >= 0.3 is 0 Å². The summed E-state index contributed by atoms with van der Waals surface area (Å²) >= 11 is 0. The number of piperidine rings is 1. The molecule has 7 nitrogen and oxygen atoms in total. The van der Waals surface area contributed by atoms with Crippen LogP contribution in [0, 0.1) is 12.8 Å². The zero-order valence-electron chi connectivity index (χ0n) is 17.9. The van der Waals surface area contributed by atoms with E-state index in [2.05, 4.69) is 46.2 Å². The normalized spacial score (nSPS) is 20.5. The smallest absolute Gasteiger partial charge is 0.244 e. The minimum atomic E-state index is 0.110. The van der Waals surface area contributed by atoms with E-state index in [9.17, 15) is 4.79 Å². The maximum atomic E-state index is 13.0. The average Bonchev–Trinajstić information content (AvgIpc) is 3.45. The van der Waals surface area contributed by atoms with E-state index in [0.29, 0.717) is 12.5 Å². The van der Waals surface area contributed by atoms with Crippen LogP contribution < -0.4 is 0 Å². The third-order valence-corrected chi connectivity index (χ3v) is 6.41. The maximum absolute atomic E-state index is 13.0. The molecule has 0 radical (unpaired) electrons. The molecular formula is C23H33N5O2. The van der Waals surface area contributed by atoms with Crippen molar-refractivity contribution in [3.8, 4) is 0 Å². The van der Waals surface area contributed by atoms with Gasteiger partial charge in [0.25, 0.3) is 0 Å². The van der Waals surface area contributed by atoms with Gasteiger partial charge in [0.1, 0.15) is 19.2 Å². The summed E-state index contributed by atoms with van der Waals surface area (Å²) in [6, 6.07) is 8.64. The van der Waals surface area contributed by atoms with Gasteiger partial charge in [-0.3, -0.25) is 9.69 Å². The summed E-state index contributed by atoms with van der Waals surface area (Å²) in [5.41, 5.74) is 2.78. The lowest BCUT2D eigenvalue weighted by atomic mass is 9.95. The van der Waals surface area contributed by atoms with Crippen LogP contribution in [0.15, 0.2) is 36.9 Å². The lowest BCUT2D eigenvalue weighted by Crippen LogP contribution is -2.44. The molecule has 2 saturated heterocycles. The van der Waals surface area contributed by atoms with Gasteiger partial charge in [-0.25, -0.2) is 9.67 Å². The maximum Gasteiger partial charge on any atom is 0.244 e. The quantitative estimate of drug-likeness (QED) is 0.668. The number of ether oxygens (including phenoxy) is 1. The topological polar surface area (TPSA) is 63.5 Å². The molecule has 3 heterocycles. The van der Waals surface area contributed by atoms with Crippen LogP contribution >= 0.6 is 0 Å². The molecule has 2 aliphatic rings. The van der Waals surface area contributed by atoms with E-state index in [4.69, 9.17) is 4.74 Å². The van der Waals surface area contributed by atoms with Crippen LogP contribution in [0.25, 0.3) is 0 Å². The molecule has 4 rings (SSSR count). The zero-order chi connectivity index (χ0) is 20.8. The fourth-order valence-corrected chi connectivity index (χ4v) is 4.53. The summed E-state index contributed by atoms with van der Waals surface area (Å²) in [6.45, 7) is 7.94. The molecule has 2 aliphatic heterocycles. The summed E-state index contributed by atoms with van der Waals surface area (Å²) < 4.78 is 7.42. The highest BCUT2D eigenvalue weighted by Crippen LogP contribution is 2.22. The lowest BCUT2D eigenvalue weighted by molar-refractivity contribution is -0.134. The number of hydrogen-bond donors (Lipinski definition) is 0. The van der Waals surface area contributed by atoms with Crippen molar-refractivity contribution in [3.05, 3.63) is 48.0 Å². The molecule has 2 aromatic rings. The first-order valence-corrected chi connectivity index (χ1v) is 11.2. The Labute approximate surface area is 179 Å². The van der Waals surface area contributed by atoms with Gasteiger partial charge in [-0.2, -0.15) is 5.10 Å². The second-order valence-electron chi connectivity index (χ2n) is 8.67. The number of carbonyl (C=O) groups is 1.